The van der Waals surface area contributed by atoms with Gasteiger partial charge in [0.15, 0.2) is 5.78 Å². The van der Waals surface area contributed by atoms with Crippen LogP contribution in [0.3, 0.4) is 0 Å². The maximum Gasteiger partial charge on any atom is 0.302 e. The summed E-state index contributed by atoms with van der Waals surface area (Å²) >= 11 is 0. The van der Waals surface area contributed by atoms with E-state index in [0.29, 0.717) is 0 Å². The molecule has 0 heterocycles. The van der Waals surface area contributed by atoms with Crippen molar-refractivity contribution in [2.24, 2.45) is 17.8 Å². The van der Waals surface area contributed by atoms with E-state index < -0.39 is 89.4 Å². The highest BCUT2D eigenvalue weighted by molar-refractivity contribution is 6.42. The summed E-state index contributed by atoms with van der Waals surface area (Å²) < 4.78 is 24.4. The van der Waals surface area contributed by atoms with Gasteiger partial charge < -0.3 is 23.7 Å². The second-order valence-electron chi connectivity index (χ2n) is 12.1. The first-order valence-corrected chi connectivity index (χ1v) is 17.3. The van der Waals surface area contributed by atoms with Gasteiger partial charge in [-0.2, -0.15) is 0 Å². The smallest absolute Gasteiger partial charge is 0.302 e. The lowest BCUT2D eigenvalue weighted by molar-refractivity contribution is -0.150. The van der Waals surface area contributed by atoms with Crippen LogP contribution < -0.4 is 0 Å². The van der Waals surface area contributed by atoms with E-state index >= 15 is 0 Å². The van der Waals surface area contributed by atoms with Gasteiger partial charge in [0.25, 0.3) is 0 Å². The number of esters is 5. The van der Waals surface area contributed by atoms with Crippen LogP contribution in [0.15, 0.2) is 0 Å². The van der Waals surface area contributed by atoms with Gasteiger partial charge in [0.05, 0.1) is 39.0 Å². The normalized spacial score (nSPS) is 12.3. The van der Waals surface area contributed by atoms with Crippen LogP contribution in [0.5, 0.6) is 0 Å². The summed E-state index contributed by atoms with van der Waals surface area (Å²) in [7, 11) is 0. The monoisotopic (exact) mass is 740 g/mol. The molecule has 3 atom stereocenters. The highest BCUT2D eigenvalue weighted by Gasteiger charge is 2.46. The van der Waals surface area contributed by atoms with Crippen LogP contribution in [0.1, 0.15) is 112 Å². The third-order valence-electron chi connectivity index (χ3n) is 7.59. The third kappa shape index (κ3) is 22.2. The first-order chi connectivity index (χ1) is 24.5. The highest BCUT2D eigenvalue weighted by atomic mass is 16.5. The molecule has 0 fully saturated rings. The summed E-state index contributed by atoms with van der Waals surface area (Å²) in [6.07, 6.45) is -2.08. The molecule has 52 heavy (non-hydrogen) atoms. The molecular formula is C36H52O16. The van der Waals surface area contributed by atoms with Crippen molar-refractivity contribution in [3.05, 3.63) is 0 Å². The van der Waals surface area contributed by atoms with Gasteiger partial charge in [0.2, 0.25) is 5.78 Å². The van der Waals surface area contributed by atoms with Crippen molar-refractivity contribution < 1.29 is 76.4 Å². The number of hydrogen-bond acceptors (Lipinski definition) is 16. The Hall–Kier alpha value is -4.63. The fraction of sp³-hybridized carbons (Fsp3) is 0.694. The summed E-state index contributed by atoms with van der Waals surface area (Å²) in [5.41, 5.74) is 0. The van der Waals surface area contributed by atoms with E-state index in [1.54, 1.807) is 0 Å². The molecule has 0 aliphatic heterocycles. The lowest BCUT2D eigenvalue weighted by Gasteiger charge is -2.31. The third-order valence-corrected chi connectivity index (χ3v) is 7.59. The Morgan fingerprint density at radius 2 is 0.750 bits per heavy atom. The second-order valence-corrected chi connectivity index (χ2v) is 12.1. The van der Waals surface area contributed by atoms with Crippen molar-refractivity contribution in [3.8, 4) is 0 Å². The molecule has 3 unspecified atom stereocenters. The molecule has 16 nitrogen and oxygen atoms in total. The number of hydrogen-bond donors (Lipinski definition) is 0. The minimum Gasteiger partial charge on any atom is -0.466 e. The molecule has 292 valence electrons. The van der Waals surface area contributed by atoms with E-state index in [4.69, 9.17) is 23.7 Å². The molecule has 0 amide bonds. The molecule has 16 heteroatoms. The van der Waals surface area contributed by atoms with Gasteiger partial charge in [-0.25, -0.2) is 0 Å². The molecule has 0 spiro atoms. The van der Waals surface area contributed by atoms with E-state index in [1.807, 2.05) is 0 Å². The van der Waals surface area contributed by atoms with Crippen LogP contribution in [0.4, 0.5) is 0 Å². The fourth-order valence-electron chi connectivity index (χ4n) is 5.26. The number of rotatable bonds is 30. The largest absolute Gasteiger partial charge is 0.466 e. The molecule has 0 aliphatic carbocycles. The molecule has 0 radical (unpaired) electrons. The standard InChI is InChI=1S/C36H52O16/c1-23(37)48-18-6-11-28(42)16-17-29(30(43)12-7-19-49-24(2)38)34(31(44)13-8-20-50-25(3)39)35(32(45)14-9-21-51-26(4)40)36(47)33(46)15-10-22-52-27(5)41/h29,34-35H,6-22H2,1-5H3. The molecule has 0 saturated carbocycles. The Bertz CT molecular complexity index is 1280. The minimum atomic E-state index is -1.96. The zero-order valence-corrected chi connectivity index (χ0v) is 30.8. The van der Waals surface area contributed by atoms with Gasteiger partial charge in [-0.15, -0.1) is 0 Å². The molecule has 0 aromatic heterocycles. The molecule has 0 aromatic rings. The lowest BCUT2D eigenvalue weighted by atomic mass is 9.68. The Morgan fingerprint density at radius 3 is 1.15 bits per heavy atom. The lowest BCUT2D eigenvalue weighted by Crippen LogP contribution is -2.45. The highest BCUT2D eigenvalue weighted by Crippen LogP contribution is 2.33. The van der Waals surface area contributed by atoms with Gasteiger partial charge in [-0.1, -0.05) is 0 Å². The number of carbonyl (C=O) groups is 11. The van der Waals surface area contributed by atoms with Crippen molar-refractivity contribution >= 4 is 64.5 Å². The zero-order chi connectivity index (χ0) is 39.6. The summed E-state index contributed by atoms with van der Waals surface area (Å²) in [4.78, 5) is 138. The Morgan fingerprint density at radius 1 is 0.404 bits per heavy atom. The van der Waals surface area contributed by atoms with Gasteiger partial charge >= 0.3 is 29.8 Å². The average molecular weight is 741 g/mol. The van der Waals surface area contributed by atoms with Crippen LogP contribution >= 0.6 is 0 Å². The summed E-state index contributed by atoms with van der Waals surface area (Å²) in [6.45, 7) is 5.08. The molecule has 0 bridgehead atoms. The van der Waals surface area contributed by atoms with Crippen molar-refractivity contribution in [2.75, 3.05) is 33.0 Å². The Balaban J connectivity index is 6.83. The van der Waals surface area contributed by atoms with Crippen LogP contribution in [-0.4, -0.2) is 97.6 Å². The Kier molecular flexibility index (Phi) is 24.7. The summed E-state index contributed by atoms with van der Waals surface area (Å²) in [5, 5.41) is 0. The van der Waals surface area contributed by atoms with E-state index in [2.05, 4.69) is 0 Å². The van der Waals surface area contributed by atoms with E-state index in [-0.39, 0.29) is 103 Å². The van der Waals surface area contributed by atoms with Crippen LogP contribution in [-0.2, 0) is 76.4 Å². The zero-order valence-electron chi connectivity index (χ0n) is 30.8. The van der Waals surface area contributed by atoms with Gasteiger partial charge in [0.1, 0.15) is 23.1 Å². The predicted octanol–water partition coefficient (Wildman–Crippen LogP) is 2.75. The van der Waals surface area contributed by atoms with Crippen LogP contribution in [0.2, 0.25) is 0 Å². The quantitative estimate of drug-likeness (QED) is 0.0338. The molecule has 0 saturated heterocycles. The van der Waals surface area contributed by atoms with E-state index in [9.17, 15) is 52.7 Å². The average Bonchev–Trinajstić information content (AvgIpc) is 3.05. The number of Topliss-reactive ketones (excluding diaryl/α,β-unsaturated/α-hetero) is 6. The van der Waals surface area contributed by atoms with Crippen molar-refractivity contribution in [2.45, 2.75) is 112 Å². The fourth-order valence-corrected chi connectivity index (χ4v) is 5.26. The predicted molar refractivity (Wildman–Crippen MR) is 179 cm³/mol. The maximum atomic E-state index is 14.1. The van der Waals surface area contributed by atoms with Gasteiger partial charge in [-0.05, 0) is 38.5 Å². The SMILES string of the molecule is CC(=O)OCCCC(=O)CCC(C(=O)CCCOC(C)=O)C(C(=O)CCCOC(C)=O)C(C(=O)CCCOC(C)=O)C(=O)C(=O)CCCOC(C)=O. The van der Waals surface area contributed by atoms with E-state index in [0.717, 1.165) is 20.8 Å². The summed E-state index contributed by atoms with van der Waals surface area (Å²) in [6, 6.07) is 0. The van der Waals surface area contributed by atoms with Crippen molar-refractivity contribution in [1.29, 1.82) is 0 Å². The van der Waals surface area contributed by atoms with Gasteiger partial charge in [0, 0.05) is 85.0 Å². The second kappa shape index (κ2) is 27.1. The molecule has 0 N–H and O–H groups in total. The van der Waals surface area contributed by atoms with Crippen LogP contribution in [0.25, 0.3) is 0 Å². The van der Waals surface area contributed by atoms with Crippen molar-refractivity contribution in [1.82, 2.24) is 0 Å². The van der Waals surface area contributed by atoms with Crippen molar-refractivity contribution in [3.63, 3.8) is 0 Å². The molecular weight excluding hydrogens is 688 g/mol. The topological polar surface area (TPSA) is 234 Å². The maximum absolute atomic E-state index is 14.1. The number of carbonyl (C=O) groups excluding carboxylic acids is 11. The minimum absolute atomic E-state index is 0.0165. The van der Waals surface area contributed by atoms with Crippen LogP contribution in [0, 0.1) is 17.8 Å². The number of ketones is 6. The molecule has 0 rings (SSSR count). The van der Waals surface area contributed by atoms with Gasteiger partial charge in [-0.3, -0.25) is 52.7 Å². The Labute approximate surface area is 303 Å². The summed E-state index contributed by atoms with van der Waals surface area (Å²) in [5.74, 6) is -13.0. The molecule has 0 aromatic carbocycles. The van der Waals surface area contributed by atoms with E-state index in [1.165, 1.54) is 13.8 Å². The first-order valence-electron chi connectivity index (χ1n) is 17.3. The number of ether oxygens (including phenoxy) is 5. The molecule has 0 aliphatic rings. The first kappa shape index (κ1) is 47.4.